The van der Waals surface area contributed by atoms with Gasteiger partial charge in [0.25, 0.3) is 0 Å². The summed E-state index contributed by atoms with van der Waals surface area (Å²) >= 11 is 0. The topological polar surface area (TPSA) is 90.8 Å². The smallest absolute Gasteiger partial charge is 0.143 e. The number of likely N-dealkylation sites (tertiary alicyclic amines) is 1. The van der Waals surface area contributed by atoms with Crippen molar-refractivity contribution in [1.82, 2.24) is 30.3 Å². The van der Waals surface area contributed by atoms with Gasteiger partial charge in [-0.25, -0.2) is 9.97 Å². The lowest BCUT2D eigenvalue weighted by atomic mass is 10.0. The van der Waals surface area contributed by atoms with E-state index in [2.05, 4.69) is 30.3 Å². The number of para-hydroxylation sites is 1. The molecule has 3 heterocycles. The van der Waals surface area contributed by atoms with Crippen LogP contribution in [0.3, 0.4) is 0 Å². The monoisotopic (exact) mass is 310 g/mol. The van der Waals surface area contributed by atoms with Crippen molar-refractivity contribution < 1.29 is 5.11 Å². The third-order valence-electron chi connectivity index (χ3n) is 4.42. The number of aryl methyl sites for hydroxylation is 1. The maximum atomic E-state index is 10.7. The molecule has 1 unspecified atom stereocenters. The number of rotatable bonds is 3. The summed E-state index contributed by atoms with van der Waals surface area (Å²) in [6.45, 7) is 3.91. The van der Waals surface area contributed by atoms with Gasteiger partial charge in [-0.15, -0.1) is 0 Å². The number of nitrogens with one attached hydrogen (secondary N) is 1. The van der Waals surface area contributed by atoms with Gasteiger partial charge in [0.05, 0.1) is 18.3 Å². The SMILES string of the molecule is Cc1nc(CN2CCC(O)(c3cn[nH]n3)C2)nc2ccccc12. The molecule has 1 aliphatic rings. The van der Waals surface area contributed by atoms with Crippen LogP contribution in [0.25, 0.3) is 10.9 Å². The highest BCUT2D eigenvalue weighted by Gasteiger charge is 2.39. The Kier molecular flexibility index (Phi) is 3.32. The fraction of sp³-hybridized carbons (Fsp3) is 0.375. The minimum absolute atomic E-state index is 0.509. The Hall–Kier alpha value is -2.38. The molecule has 0 radical (unpaired) electrons. The molecule has 1 atom stereocenters. The third-order valence-corrected chi connectivity index (χ3v) is 4.42. The molecule has 7 heteroatoms. The van der Waals surface area contributed by atoms with E-state index in [1.165, 1.54) is 0 Å². The van der Waals surface area contributed by atoms with Crippen molar-refractivity contribution in [1.29, 1.82) is 0 Å². The number of aromatic nitrogens is 5. The van der Waals surface area contributed by atoms with E-state index in [1.54, 1.807) is 6.20 Å². The van der Waals surface area contributed by atoms with E-state index < -0.39 is 5.60 Å². The molecule has 0 bridgehead atoms. The van der Waals surface area contributed by atoms with Crippen LogP contribution in [0.4, 0.5) is 0 Å². The highest BCUT2D eigenvalue weighted by molar-refractivity contribution is 5.80. The maximum absolute atomic E-state index is 10.7. The molecule has 23 heavy (non-hydrogen) atoms. The van der Waals surface area contributed by atoms with Gasteiger partial charge >= 0.3 is 0 Å². The number of hydrogen-bond donors (Lipinski definition) is 2. The van der Waals surface area contributed by atoms with Gasteiger partial charge in [-0.1, -0.05) is 18.2 Å². The van der Waals surface area contributed by atoms with Gasteiger partial charge in [-0.2, -0.15) is 15.4 Å². The molecule has 1 aliphatic heterocycles. The zero-order chi connectivity index (χ0) is 15.9. The molecule has 4 rings (SSSR count). The van der Waals surface area contributed by atoms with Crippen molar-refractivity contribution in [3.63, 3.8) is 0 Å². The Labute approximate surface area is 133 Å². The van der Waals surface area contributed by atoms with Crippen molar-refractivity contribution in [2.24, 2.45) is 0 Å². The first-order valence-corrected chi connectivity index (χ1v) is 7.67. The van der Waals surface area contributed by atoms with Crippen LogP contribution in [-0.2, 0) is 12.1 Å². The number of H-pyrrole nitrogens is 1. The minimum atomic E-state index is -0.946. The van der Waals surface area contributed by atoms with Gasteiger partial charge in [-0.3, -0.25) is 4.90 Å². The summed E-state index contributed by atoms with van der Waals surface area (Å²) in [5, 5.41) is 22.2. The first-order valence-electron chi connectivity index (χ1n) is 7.67. The number of nitrogens with zero attached hydrogens (tertiary/aromatic N) is 5. The van der Waals surface area contributed by atoms with Crippen LogP contribution in [0.1, 0.15) is 23.6 Å². The van der Waals surface area contributed by atoms with Crippen molar-refractivity contribution >= 4 is 10.9 Å². The summed E-state index contributed by atoms with van der Waals surface area (Å²) in [7, 11) is 0. The van der Waals surface area contributed by atoms with Gasteiger partial charge in [0.15, 0.2) is 0 Å². The first-order chi connectivity index (χ1) is 11.1. The predicted octanol–water partition coefficient (Wildman–Crippen LogP) is 1.15. The molecular weight excluding hydrogens is 292 g/mol. The molecule has 2 aromatic heterocycles. The number of aromatic amines is 1. The van der Waals surface area contributed by atoms with Crippen molar-refractivity contribution in [2.75, 3.05) is 13.1 Å². The van der Waals surface area contributed by atoms with E-state index >= 15 is 0 Å². The number of β-amino-alcohol motifs (C(OH)–C–C–N with tert-alkyl or cyclic N) is 1. The van der Waals surface area contributed by atoms with Crippen LogP contribution >= 0.6 is 0 Å². The lowest BCUT2D eigenvalue weighted by molar-refractivity contribution is 0.0406. The predicted molar refractivity (Wildman–Crippen MR) is 84.4 cm³/mol. The molecule has 1 fully saturated rings. The zero-order valence-corrected chi connectivity index (χ0v) is 12.9. The molecule has 118 valence electrons. The van der Waals surface area contributed by atoms with Crippen molar-refractivity contribution in [2.45, 2.75) is 25.5 Å². The van der Waals surface area contributed by atoms with Gasteiger partial charge < -0.3 is 5.11 Å². The Bertz CT molecular complexity index is 834. The molecule has 0 saturated carbocycles. The van der Waals surface area contributed by atoms with E-state index in [0.717, 1.165) is 29.0 Å². The molecule has 1 aromatic carbocycles. The van der Waals surface area contributed by atoms with E-state index in [1.807, 2.05) is 31.2 Å². The average molecular weight is 310 g/mol. The van der Waals surface area contributed by atoms with Gasteiger partial charge in [0, 0.05) is 24.2 Å². The molecule has 3 aromatic rings. The minimum Gasteiger partial charge on any atom is -0.382 e. The van der Waals surface area contributed by atoms with E-state index in [9.17, 15) is 5.11 Å². The zero-order valence-electron chi connectivity index (χ0n) is 12.9. The van der Waals surface area contributed by atoms with Crippen molar-refractivity contribution in [3.8, 4) is 0 Å². The lowest BCUT2D eigenvalue weighted by Crippen LogP contribution is -2.31. The fourth-order valence-electron chi connectivity index (χ4n) is 3.21. The highest BCUT2D eigenvalue weighted by atomic mass is 16.3. The van der Waals surface area contributed by atoms with Crippen LogP contribution in [0.2, 0.25) is 0 Å². The summed E-state index contributed by atoms with van der Waals surface area (Å²) in [6, 6.07) is 8.02. The molecule has 0 spiro atoms. The van der Waals surface area contributed by atoms with Crippen LogP contribution in [0.5, 0.6) is 0 Å². The Morgan fingerprint density at radius 2 is 2.17 bits per heavy atom. The molecule has 0 amide bonds. The van der Waals surface area contributed by atoms with Crippen LogP contribution in [0.15, 0.2) is 30.5 Å². The van der Waals surface area contributed by atoms with Crippen LogP contribution in [0, 0.1) is 6.92 Å². The molecule has 0 aliphatic carbocycles. The average Bonchev–Trinajstić information content (AvgIpc) is 3.18. The third kappa shape index (κ3) is 2.58. The Morgan fingerprint density at radius 3 is 3.00 bits per heavy atom. The second-order valence-electron chi connectivity index (χ2n) is 6.09. The second kappa shape index (κ2) is 5.36. The van der Waals surface area contributed by atoms with Gasteiger partial charge in [0.2, 0.25) is 0 Å². The number of fused-ring (bicyclic) bond motifs is 1. The number of benzene rings is 1. The largest absolute Gasteiger partial charge is 0.382 e. The summed E-state index contributed by atoms with van der Waals surface area (Å²) in [5.41, 5.74) is 1.59. The quantitative estimate of drug-likeness (QED) is 0.754. The standard InChI is InChI=1S/C16H18N6O/c1-11-12-4-2-3-5-13(12)19-15(18-11)9-22-7-6-16(23,10-22)14-8-17-21-20-14/h2-5,8,23H,6-7,9-10H2,1H3,(H,17,20,21). The summed E-state index contributed by atoms with van der Waals surface area (Å²) in [6.07, 6.45) is 2.21. The maximum Gasteiger partial charge on any atom is 0.143 e. The second-order valence-corrected chi connectivity index (χ2v) is 6.09. The number of aliphatic hydroxyl groups is 1. The number of hydrogen-bond acceptors (Lipinski definition) is 6. The van der Waals surface area contributed by atoms with E-state index in [-0.39, 0.29) is 0 Å². The van der Waals surface area contributed by atoms with Crippen molar-refractivity contribution in [3.05, 3.63) is 47.7 Å². The Balaban J connectivity index is 1.55. The van der Waals surface area contributed by atoms with Crippen LogP contribution < -0.4 is 0 Å². The van der Waals surface area contributed by atoms with E-state index in [4.69, 9.17) is 0 Å². The first kappa shape index (κ1) is 14.2. The van der Waals surface area contributed by atoms with E-state index in [0.29, 0.717) is 25.2 Å². The lowest BCUT2D eigenvalue weighted by Gasteiger charge is -2.20. The van der Waals surface area contributed by atoms with Crippen LogP contribution in [-0.4, -0.2) is 48.5 Å². The highest BCUT2D eigenvalue weighted by Crippen LogP contribution is 2.30. The summed E-state index contributed by atoms with van der Waals surface area (Å²) < 4.78 is 0. The fourth-order valence-corrected chi connectivity index (χ4v) is 3.21. The summed E-state index contributed by atoms with van der Waals surface area (Å²) in [4.78, 5) is 11.4. The summed E-state index contributed by atoms with van der Waals surface area (Å²) in [5.74, 6) is 0.783. The molecular formula is C16H18N6O. The molecule has 1 saturated heterocycles. The van der Waals surface area contributed by atoms with Gasteiger partial charge in [-0.05, 0) is 19.4 Å². The molecule has 2 N–H and O–H groups in total. The van der Waals surface area contributed by atoms with Gasteiger partial charge in [0.1, 0.15) is 17.1 Å². The molecule has 7 nitrogen and oxygen atoms in total. The Morgan fingerprint density at radius 1 is 1.30 bits per heavy atom. The normalized spacial score (nSPS) is 22.0.